The zero-order chi connectivity index (χ0) is 14.6. The summed E-state index contributed by atoms with van der Waals surface area (Å²) in [5.74, 6) is 0. The zero-order valence-electron chi connectivity index (χ0n) is 10.8. The maximum absolute atomic E-state index is 11.2. The van der Waals surface area contributed by atoms with Crippen molar-refractivity contribution in [2.24, 2.45) is 0 Å². The van der Waals surface area contributed by atoms with E-state index in [1.807, 2.05) is 29.6 Å². The lowest BCUT2D eigenvalue weighted by Gasteiger charge is -2.02. The molecular formula is C12H14ClN3O2S2. The molecule has 0 saturated heterocycles. The van der Waals surface area contributed by atoms with Gasteiger partial charge in [-0.1, -0.05) is 23.7 Å². The molecule has 2 N–H and O–H groups in total. The van der Waals surface area contributed by atoms with Gasteiger partial charge < -0.3 is 0 Å². The Kier molecular flexibility index (Phi) is 5.11. The van der Waals surface area contributed by atoms with E-state index < -0.39 is 10.2 Å². The Bertz CT molecular complexity index is 668. The third-order valence-corrected chi connectivity index (χ3v) is 4.90. The van der Waals surface area contributed by atoms with Crippen LogP contribution in [-0.4, -0.2) is 27.0 Å². The van der Waals surface area contributed by atoms with E-state index in [9.17, 15) is 8.42 Å². The highest BCUT2D eigenvalue weighted by Gasteiger charge is 2.07. The summed E-state index contributed by atoms with van der Waals surface area (Å²) in [6.45, 7) is 0.312. The van der Waals surface area contributed by atoms with E-state index in [-0.39, 0.29) is 0 Å². The van der Waals surface area contributed by atoms with E-state index in [0.717, 1.165) is 16.3 Å². The minimum atomic E-state index is -3.38. The quantitative estimate of drug-likeness (QED) is 0.851. The van der Waals surface area contributed by atoms with Crippen molar-refractivity contribution in [3.8, 4) is 10.6 Å². The summed E-state index contributed by atoms with van der Waals surface area (Å²) in [6.07, 6.45) is 0.547. The fraction of sp³-hybridized carbons (Fsp3) is 0.250. The van der Waals surface area contributed by atoms with Crippen LogP contribution in [0.4, 0.5) is 0 Å². The minimum absolute atomic E-state index is 0.312. The first-order valence-electron chi connectivity index (χ1n) is 5.88. The Morgan fingerprint density at radius 3 is 2.65 bits per heavy atom. The molecular weight excluding hydrogens is 318 g/mol. The van der Waals surface area contributed by atoms with Crippen LogP contribution in [0.15, 0.2) is 29.6 Å². The number of hydrogen-bond acceptors (Lipinski definition) is 4. The highest BCUT2D eigenvalue weighted by molar-refractivity contribution is 7.87. The molecule has 0 radical (unpaired) electrons. The number of halogens is 1. The molecule has 1 aromatic heterocycles. The van der Waals surface area contributed by atoms with Crippen molar-refractivity contribution < 1.29 is 8.42 Å². The van der Waals surface area contributed by atoms with Crippen molar-refractivity contribution in [3.63, 3.8) is 0 Å². The van der Waals surface area contributed by atoms with Crippen LogP contribution in [0.3, 0.4) is 0 Å². The van der Waals surface area contributed by atoms with Gasteiger partial charge in [0, 0.05) is 36.0 Å². The van der Waals surface area contributed by atoms with Gasteiger partial charge in [-0.15, -0.1) is 11.3 Å². The maximum Gasteiger partial charge on any atom is 0.276 e. The first-order valence-corrected chi connectivity index (χ1v) is 8.63. The molecule has 1 heterocycles. The van der Waals surface area contributed by atoms with E-state index in [2.05, 4.69) is 14.4 Å². The summed E-state index contributed by atoms with van der Waals surface area (Å²) in [7, 11) is -2.01. The topological polar surface area (TPSA) is 71.1 Å². The molecule has 20 heavy (non-hydrogen) atoms. The van der Waals surface area contributed by atoms with Crippen LogP contribution in [0.2, 0.25) is 5.02 Å². The molecule has 0 fully saturated rings. The third-order valence-electron chi connectivity index (χ3n) is 2.58. The van der Waals surface area contributed by atoms with E-state index in [4.69, 9.17) is 11.6 Å². The molecule has 2 rings (SSSR count). The molecule has 0 spiro atoms. The molecule has 0 atom stereocenters. The predicted molar refractivity (Wildman–Crippen MR) is 82.2 cm³/mol. The van der Waals surface area contributed by atoms with E-state index in [1.54, 1.807) is 0 Å². The van der Waals surface area contributed by atoms with Crippen LogP contribution < -0.4 is 9.44 Å². The second-order valence-corrected chi connectivity index (χ2v) is 7.00. The van der Waals surface area contributed by atoms with Crippen molar-refractivity contribution in [1.29, 1.82) is 0 Å². The molecule has 0 aliphatic carbocycles. The Labute approximate surface area is 127 Å². The highest BCUT2D eigenvalue weighted by Crippen LogP contribution is 2.25. The molecule has 5 nitrogen and oxygen atoms in total. The van der Waals surface area contributed by atoms with Crippen LogP contribution in [0, 0.1) is 0 Å². The Balaban J connectivity index is 1.97. The SMILES string of the molecule is CNS(=O)(=O)NCCc1csc(-c2ccc(Cl)cc2)n1. The lowest BCUT2D eigenvalue weighted by Crippen LogP contribution is -2.35. The fourth-order valence-corrected chi connectivity index (χ4v) is 3.03. The van der Waals surface area contributed by atoms with Gasteiger partial charge in [-0.05, 0) is 12.1 Å². The summed E-state index contributed by atoms with van der Waals surface area (Å²) in [5, 5.41) is 3.51. The van der Waals surface area contributed by atoms with Gasteiger partial charge in [-0.2, -0.15) is 8.42 Å². The fourth-order valence-electron chi connectivity index (χ4n) is 1.53. The summed E-state index contributed by atoms with van der Waals surface area (Å²) >= 11 is 7.37. The molecule has 108 valence electrons. The molecule has 0 aliphatic rings. The number of aromatic nitrogens is 1. The minimum Gasteiger partial charge on any atom is -0.241 e. The van der Waals surface area contributed by atoms with Crippen molar-refractivity contribution >= 4 is 33.1 Å². The van der Waals surface area contributed by atoms with Crippen LogP contribution in [-0.2, 0) is 16.6 Å². The van der Waals surface area contributed by atoms with Gasteiger partial charge in [0.05, 0.1) is 5.69 Å². The standard InChI is InChI=1S/C12H14ClN3O2S2/c1-14-20(17,18)15-7-6-11-8-19-12(16-11)9-2-4-10(13)5-3-9/h2-5,8,14-15H,6-7H2,1H3. The average molecular weight is 332 g/mol. The second kappa shape index (κ2) is 6.64. The van der Waals surface area contributed by atoms with Gasteiger partial charge >= 0.3 is 0 Å². The predicted octanol–water partition coefficient (Wildman–Crippen LogP) is 2.06. The number of rotatable bonds is 6. The normalized spacial score (nSPS) is 11.7. The summed E-state index contributed by atoms with van der Waals surface area (Å²) in [4.78, 5) is 4.48. The molecule has 1 aromatic carbocycles. The number of hydrogen-bond donors (Lipinski definition) is 2. The van der Waals surface area contributed by atoms with Gasteiger partial charge in [-0.3, -0.25) is 0 Å². The van der Waals surface area contributed by atoms with Gasteiger partial charge in [0.1, 0.15) is 5.01 Å². The van der Waals surface area contributed by atoms with E-state index in [0.29, 0.717) is 18.0 Å². The molecule has 0 aliphatic heterocycles. The van der Waals surface area contributed by atoms with Gasteiger partial charge in [0.2, 0.25) is 0 Å². The van der Waals surface area contributed by atoms with Gasteiger partial charge in [0.25, 0.3) is 10.2 Å². The maximum atomic E-state index is 11.2. The first-order chi connectivity index (χ1) is 9.50. The van der Waals surface area contributed by atoms with Crippen LogP contribution >= 0.6 is 22.9 Å². The summed E-state index contributed by atoms with van der Waals surface area (Å²) < 4.78 is 27.0. The third kappa shape index (κ3) is 4.26. The lowest BCUT2D eigenvalue weighted by molar-refractivity contribution is 0.573. The van der Waals surface area contributed by atoms with Gasteiger partial charge in [-0.25, -0.2) is 14.4 Å². The summed E-state index contributed by atoms with van der Waals surface area (Å²) in [6, 6.07) is 7.46. The number of thiazole rings is 1. The molecule has 8 heteroatoms. The van der Waals surface area contributed by atoms with Crippen molar-refractivity contribution in [2.45, 2.75) is 6.42 Å². The number of nitrogens with one attached hydrogen (secondary N) is 2. The van der Waals surface area contributed by atoms with Crippen LogP contribution in [0.25, 0.3) is 10.6 Å². The van der Waals surface area contributed by atoms with Crippen molar-refractivity contribution in [3.05, 3.63) is 40.4 Å². The Morgan fingerprint density at radius 2 is 2.00 bits per heavy atom. The molecule has 0 bridgehead atoms. The van der Waals surface area contributed by atoms with Crippen LogP contribution in [0.1, 0.15) is 5.69 Å². The summed E-state index contributed by atoms with van der Waals surface area (Å²) in [5.41, 5.74) is 1.86. The lowest BCUT2D eigenvalue weighted by atomic mass is 10.2. The van der Waals surface area contributed by atoms with Crippen LogP contribution in [0.5, 0.6) is 0 Å². The average Bonchev–Trinajstić information content (AvgIpc) is 2.88. The highest BCUT2D eigenvalue weighted by atomic mass is 35.5. The largest absolute Gasteiger partial charge is 0.276 e. The Morgan fingerprint density at radius 1 is 1.30 bits per heavy atom. The molecule has 0 amide bonds. The van der Waals surface area contributed by atoms with Crippen molar-refractivity contribution in [2.75, 3.05) is 13.6 Å². The number of nitrogens with zero attached hydrogens (tertiary/aromatic N) is 1. The molecule has 0 unspecified atom stereocenters. The zero-order valence-corrected chi connectivity index (χ0v) is 13.1. The smallest absolute Gasteiger partial charge is 0.241 e. The molecule has 2 aromatic rings. The van der Waals surface area contributed by atoms with E-state index >= 15 is 0 Å². The van der Waals surface area contributed by atoms with Crippen molar-refractivity contribution in [1.82, 2.24) is 14.4 Å². The Hall–Kier alpha value is -0.990. The second-order valence-electron chi connectivity index (χ2n) is 4.00. The first kappa shape index (κ1) is 15.4. The van der Waals surface area contributed by atoms with E-state index in [1.165, 1.54) is 18.4 Å². The molecule has 0 saturated carbocycles. The monoisotopic (exact) mass is 331 g/mol. The number of benzene rings is 1. The van der Waals surface area contributed by atoms with Gasteiger partial charge in [0.15, 0.2) is 0 Å².